The molecule has 2 N–H and O–H groups in total. The molecule has 2 aromatic rings. The van der Waals surface area contributed by atoms with Gasteiger partial charge in [0, 0.05) is 47.1 Å². The number of aliphatic imine (C=N–C) groups is 1. The molecule has 0 aromatic heterocycles. The quantitative estimate of drug-likeness (QED) is 0.152. The minimum Gasteiger partial charge on any atom is -0.382 e. The molecular formula is C39H53ClF3N3. The van der Waals surface area contributed by atoms with Gasteiger partial charge in [0.2, 0.25) is 5.92 Å². The highest BCUT2D eigenvalue weighted by Crippen LogP contribution is 2.35. The van der Waals surface area contributed by atoms with E-state index in [4.69, 9.17) is 11.6 Å². The third kappa shape index (κ3) is 13.0. The largest absolute Gasteiger partial charge is 0.382 e. The summed E-state index contributed by atoms with van der Waals surface area (Å²) in [6.07, 6.45) is 17.3. The molecule has 2 aliphatic carbocycles. The van der Waals surface area contributed by atoms with Crippen LogP contribution in [0.1, 0.15) is 117 Å². The molecule has 46 heavy (non-hydrogen) atoms. The van der Waals surface area contributed by atoms with E-state index >= 15 is 0 Å². The highest BCUT2D eigenvalue weighted by atomic mass is 35.5. The summed E-state index contributed by atoms with van der Waals surface area (Å²) in [5.41, 5.74) is 5.69. The van der Waals surface area contributed by atoms with Gasteiger partial charge < -0.3 is 10.6 Å². The third-order valence-corrected chi connectivity index (χ3v) is 8.83. The van der Waals surface area contributed by atoms with Gasteiger partial charge in [-0.3, -0.25) is 0 Å². The number of halogens is 4. The average molecular weight is 656 g/mol. The minimum absolute atomic E-state index is 0.0635. The van der Waals surface area contributed by atoms with E-state index in [0.717, 1.165) is 53.2 Å². The topological polar surface area (TPSA) is 36.4 Å². The first-order valence-electron chi connectivity index (χ1n) is 17.1. The molecule has 0 spiro atoms. The van der Waals surface area contributed by atoms with Gasteiger partial charge >= 0.3 is 0 Å². The molecular weight excluding hydrogens is 603 g/mol. The molecule has 0 aliphatic heterocycles. The van der Waals surface area contributed by atoms with E-state index in [0.29, 0.717) is 29.4 Å². The van der Waals surface area contributed by atoms with Gasteiger partial charge in [0.25, 0.3) is 0 Å². The summed E-state index contributed by atoms with van der Waals surface area (Å²) >= 11 is 5.99. The zero-order valence-electron chi connectivity index (χ0n) is 28.4. The number of benzene rings is 2. The number of hydrogen-bond acceptors (Lipinski definition) is 2. The van der Waals surface area contributed by atoms with Gasteiger partial charge in [0.1, 0.15) is 11.7 Å². The van der Waals surface area contributed by atoms with Crippen molar-refractivity contribution in [2.45, 2.75) is 124 Å². The number of allylic oxidation sites excluding steroid dienone is 5. The van der Waals surface area contributed by atoms with Crippen molar-refractivity contribution in [2.75, 3.05) is 10.6 Å². The molecule has 4 rings (SSSR count). The van der Waals surface area contributed by atoms with Crippen LogP contribution in [0.5, 0.6) is 0 Å². The molecule has 0 saturated heterocycles. The first-order valence-corrected chi connectivity index (χ1v) is 17.5. The van der Waals surface area contributed by atoms with E-state index in [1.165, 1.54) is 44.2 Å². The molecule has 2 saturated carbocycles. The van der Waals surface area contributed by atoms with Gasteiger partial charge in [-0.2, -0.15) is 0 Å². The Bertz CT molecular complexity index is 1320. The number of unbranched alkanes of at least 4 members (excludes halogenated alkanes) is 1. The molecule has 0 atom stereocenters. The second-order valence-electron chi connectivity index (χ2n) is 12.8. The molecule has 2 aliphatic rings. The van der Waals surface area contributed by atoms with Gasteiger partial charge in [-0.15, -0.1) is 0 Å². The molecule has 7 heteroatoms. The Morgan fingerprint density at radius 2 is 1.61 bits per heavy atom. The predicted octanol–water partition coefficient (Wildman–Crippen LogP) is 13.0. The number of nitrogens with zero attached hydrogens (tertiary/aromatic N) is 1. The lowest BCUT2D eigenvalue weighted by Gasteiger charge is -2.29. The van der Waals surface area contributed by atoms with Gasteiger partial charge in [0.05, 0.1) is 0 Å². The summed E-state index contributed by atoms with van der Waals surface area (Å²) in [6.45, 7) is 10.5. The molecule has 3 nitrogen and oxygen atoms in total. The van der Waals surface area contributed by atoms with Crippen LogP contribution in [0.3, 0.4) is 0 Å². The fourth-order valence-corrected chi connectivity index (χ4v) is 6.17. The fourth-order valence-electron chi connectivity index (χ4n) is 5.94. The van der Waals surface area contributed by atoms with E-state index < -0.39 is 11.7 Å². The van der Waals surface area contributed by atoms with Crippen molar-refractivity contribution in [3.63, 3.8) is 0 Å². The van der Waals surface area contributed by atoms with Crippen LogP contribution in [0.15, 0.2) is 77.0 Å². The monoisotopic (exact) mass is 655 g/mol. The van der Waals surface area contributed by atoms with E-state index in [9.17, 15) is 13.2 Å². The zero-order chi connectivity index (χ0) is 33.5. The number of rotatable bonds is 10. The van der Waals surface area contributed by atoms with Crippen LogP contribution >= 0.6 is 11.6 Å². The Balaban J connectivity index is 0.000000724. The molecule has 0 bridgehead atoms. The standard InChI is InChI=1S/C32H39ClF3N3.C7H14/c1-5-7-9-22(3)31(21-37-23(4)38-29-19-25(33)18-26(34)20-29)30(8-6-2)24-10-12-27(13-11-24)39-28-14-16-32(35,36)17-15-28;1-7-5-3-2-4-6-7/h8-13,18-21,28,39H,5-7,14-17H2,1-4H3,(H,37,38);7H,2-6H2,1H3/b22-9+,30-8-,31-21+;. The maximum absolute atomic E-state index is 13.8. The fraction of sp³-hybridized carbons (Fsp3) is 0.513. The van der Waals surface area contributed by atoms with Crippen LogP contribution in [0.2, 0.25) is 5.02 Å². The first kappa shape index (κ1) is 37.5. The van der Waals surface area contributed by atoms with Crippen molar-refractivity contribution in [2.24, 2.45) is 10.9 Å². The van der Waals surface area contributed by atoms with Crippen LogP contribution in [0.4, 0.5) is 24.5 Å². The van der Waals surface area contributed by atoms with Crippen molar-refractivity contribution >= 4 is 34.4 Å². The maximum Gasteiger partial charge on any atom is 0.248 e. The lowest BCUT2D eigenvalue weighted by Crippen LogP contribution is -2.31. The lowest BCUT2D eigenvalue weighted by atomic mass is 9.91. The average Bonchev–Trinajstić information content (AvgIpc) is 3.01. The first-order chi connectivity index (χ1) is 22.0. The van der Waals surface area contributed by atoms with Gasteiger partial charge in [-0.1, -0.05) is 95.2 Å². The van der Waals surface area contributed by atoms with Crippen LogP contribution in [0, 0.1) is 11.7 Å². The maximum atomic E-state index is 13.8. The predicted molar refractivity (Wildman–Crippen MR) is 193 cm³/mol. The highest BCUT2D eigenvalue weighted by Gasteiger charge is 2.34. The van der Waals surface area contributed by atoms with Crippen molar-refractivity contribution in [1.29, 1.82) is 0 Å². The molecule has 2 fully saturated rings. The Kier molecular flexibility index (Phi) is 15.5. The van der Waals surface area contributed by atoms with Crippen molar-refractivity contribution in [1.82, 2.24) is 0 Å². The summed E-state index contributed by atoms with van der Waals surface area (Å²) in [7, 11) is 0. The summed E-state index contributed by atoms with van der Waals surface area (Å²) in [4.78, 5) is 4.67. The summed E-state index contributed by atoms with van der Waals surface area (Å²) < 4.78 is 40.8. The highest BCUT2D eigenvalue weighted by molar-refractivity contribution is 6.30. The molecule has 0 amide bonds. The smallest absolute Gasteiger partial charge is 0.248 e. The zero-order valence-corrected chi connectivity index (χ0v) is 29.1. The number of amidine groups is 1. The van der Waals surface area contributed by atoms with E-state index in [1.807, 2.05) is 25.3 Å². The van der Waals surface area contributed by atoms with E-state index in [-0.39, 0.29) is 18.9 Å². The number of alkyl halides is 2. The summed E-state index contributed by atoms with van der Waals surface area (Å²) in [6, 6.07) is 12.5. The van der Waals surface area contributed by atoms with Crippen LogP contribution < -0.4 is 10.6 Å². The minimum atomic E-state index is -2.53. The van der Waals surface area contributed by atoms with Crippen molar-refractivity contribution in [3.05, 3.63) is 88.4 Å². The van der Waals surface area contributed by atoms with Gasteiger partial charge in [-0.05, 0) is 92.5 Å². The van der Waals surface area contributed by atoms with Crippen molar-refractivity contribution in [3.8, 4) is 0 Å². The van der Waals surface area contributed by atoms with Gasteiger partial charge in [-0.25, -0.2) is 18.2 Å². The number of anilines is 2. The Hall–Kier alpha value is -2.99. The Labute approximate surface area is 280 Å². The van der Waals surface area contributed by atoms with Crippen LogP contribution in [0.25, 0.3) is 5.57 Å². The summed E-state index contributed by atoms with van der Waals surface area (Å²) in [5, 5.41) is 6.85. The molecule has 0 heterocycles. The SMILES string of the molecule is CC1CCCCC1.CC\C=C(C(=C/N=C(C)Nc1cc(F)cc(Cl)c1)/C(C)=C/CCC)\c1ccc(NC2CCC(F)(F)CC2)cc1. The Morgan fingerprint density at radius 1 is 0.935 bits per heavy atom. The number of nitrogens with one attached hydrogen (secondary N) is 2. The molecule has 0 radical (unpaired) electrons. The molecule has 252 valence electrons. The lowest BCUT2D eigenvalue weighted by molar-refractivity contribution is -0.0360. The molecule has 2 aromatic carbocycles. The van der Waals surface area contributed by atoms with Gasteiger partial charge in [0.15, 0.2) is 0 Å². The normalized spacial score (nSPS) is 18.5. The number of hydrogen-bond donors (Lipinski definition) is 2. The second-order valence-corrected chi connectivity index (χ2v) is 13.3. The molecule has 0 unspecified atom stereocenters. The summed E-state index contributed by atoms with van der Waals surface area (Å²) in [5.74, 6) is -1.31. The third-order valence-electron chi connectivity index (χ3n) is 8.62. The Morgan fingerprint density at radius 3 is 2.17 bits per heavy atom. The van der Waals surface area contributed by atoms with Crippen LogP contribution in [-0.2, 0) is 0 Å². The second kappa shape index (κ2) is 19.0. The van der Waals surface area contributed by atoms with Crippen molar-refractivity contribution < 1.29 is 13.2 Å². The van der Waals surface area contributed by atoms with E-state index in [2.05, 4.69) is 67.6 Å². The van der Waals surface area contributed by atoms with Crippen LogP contribution in [-0.4, -0.2) is 17.8 Å². The van der Waals surface area contributed by atoms with E-state index in [1.54, 1.807) is 6.07 Å².